The fraction of sp³-hybridized carbons (Fsp3) is 0.250. The van der Waals surface area contributed by atoms with Gasteiger partial charge in [0.1, 0.15) is 11.9 Å². The van der Waals surface area contributed by atoms with Gasteiger partial charge in [-0.05, 0) is 41.5 Å². The molecule has 3 rings (SSSR count). The van der Waals surface area contributed by atoms with Crippen molar-refractivity contribution in [1.82, 2.24) is 10.3 Å². The van der Waals surface area contributed by atoms with Crippen LogP contribution in [0.15, 0.2) is 42.5 Å². The lowest BCUT2D eigenvalue weighted by Crippen LogP contribution is -2.40. The molecule has 0 saturated carbocycles. The van der Waals surface area contributed by atoms with Crippen molar-refractivity contribution in [3.05, 3.63) is 53.8 Å². The van der Waals surface area contributed by atoms with E-state index in [9.17, 15) is 14.0 Å². The summed E-state index contributed by atoms with van der Waals surface area (Å²) in [5.41, 5.74) is 7.80. The van der Waals surface area contributed by atoms with Crippen LogP contribution in [0.25, 0.3) is 11.1 Å². The van der Waals surface area contributed by atoms with Gasteiger partial charge in [0.2, 0.25) is 5.91 Å². The maximum atomic E-state index is 14.8. The summed E-state index contributed by atoms with van der Waals surface area (Å²) in [4.78, 5) is 24.5. The number of amides is 2. The van der Waals surface area contributed by atoms with Crippen molar-refractivity contribution in [3.63, 3.8) is 0 Å². The van der Waals surface area contributed by atoms with E-state index in [1.54, 1.807) is 24.3 Å². The van der Waals surface area contributed by atoms with Crippen molar-refractivity contribution < 1.29 is 18.7 Å². The Morgan fingerprint density at radius 1 is 1.33 bits per heavy atom. The van der Waals surface area contributed by atoms with Crippen molar-refractivity contribution in [3.8, 4) is 11.1 Å². The zero-order valence-corrected chi connectivity index (χ0v) is 17.1. The molecule has 1 aliphatic rings. The summed E-state index contributed by atoms with van der Waals surface area (Å²) in [5, 5.41) is 3.93. The molecule has 5 N–H and O–H groups in total. The predicted molar refractivity (Wildman–Crippen MR) is 115 cm³/mol. The van der Waals surface area contributed by atoms with Gasteiger partial charge >= 0.3 is 6.09 Å². The summed E-state index contributed by atoms with van der Waals surface area (Å²) in [5.74, 6) is 5.01. The molecule has 0 spiro atoms. The molecule has 1 heterocycles. The highest BCUT2D eigenvalue weighted by atomic mass is 32.1. The highest BCUT2D eigenvalue weighted by Gasteiger charge is 2.32. The van der Waals surface area contributed by atoms with E-state index in [2.05, 4.69) is 5.32 Å². The summed E-state index contributed by atoms with van der Waals surface area (Å²) in [6.07, 6.45) is -1.06. The second-order valence-corrected chi connectivity index (χ2v) is 7.30. The van der Waals surface area contributed by atoms with Crippen molar-refractivity contribution >= 4 is 35.0 Å². The third-order valence-electron chi connectivity index (χ3n) is 4.62. The van der Waals surface area contributed by atoms with Crippen LogP contribution in [0.3, 0.4) is 0 Å². The zero-order chi connectivity index (χ0) is 21.8. The van der Waals surface area contributed by atoms with E-state index >= 15 is 0 Å². The number of ether oxygens (including phenoxy) is 1. The summed E-state index contributed by atoms with van der Waals surface area (Å²) in [6.45, 7) is 2.16. The molecule has 2 amide bonds. The number of thiocarbonyl (C=S) groups is 1. The number of halogens is 1. The van der Waals surface area contributed by atoms with Gasteiger partial charge < -0.3 is 15.8 Å². The molecule has 1 fully saturated rings. The van der Waals surface area contributed by atoms with Crippen LogP contribution in [0.2, 0.25) is 0 Å². The minimum Gasteiger partial charge on any atom is -0.442 e. The van der Waals surface area contributed by atoms with E-state index in [1.807, 2.05) is 12.1 Å². The first-order valence-corrected chi connectivity index (χ1v) is 9.58. The molecule has 2 aromatic rings. The first kappa shape index (κ1) is 21.5. The van der Waals surface area contributed by atoms with Crippen LogP contribution in [0.5, 0.6) is 0 Å². The summed E-state index contributed by atoms with van der Waals surface area (Å²) in [6, 6.07) is 11.7. The summed E-state index contributed by atoms with van der Waals surface area (Å²) in [7, 11) is 0. The van der Waals surface area contributed by atoms with Crippen LogP contribution in [0.4, 0.5) is 14.9 Å². The van der Waals surface area contributed by atoms with Crippen molar-refractivity contribution in [2.45, 2.75) is 19.6 Å². The Bertz CT molecular complexity index is 969. The van der Waals surface area contributed by atoms with Gasteiger partial charge in [0, 0.05) is 12.5 Å². The number of cyclic esters (lactones) is 1. The van der Waals surface area contributed by atoms with Gasteiger partial charge in [-0.25, -0.2) is 15.0 Å². The quantitative estimate of drug-likeness (QED) is 0.363. The second kappa shape index (κ2) is 9.06. The van der Waals surface area contributed by atoms with Crippen molar-refractivity contribution in [2.75, 3.05) is 18.0 Å². The zero-order valence-electron chi connectivity index (χ0n) is 16.3. The standard InChI is InChI=1S/C20H22FN5O3S/c1-12(27)24-9-16-11-25(20(28)29-16)15-6-7-17(18(21)8-15)14-4-2-13(3-5-14)10-26(23)19(22)30/h2-8,16H,9-11,23H2,1H3,(H2,22,30)(H,24,27)/t16-/m0/s1. The molecule has 0 aromatic heterocycles. The number of benzene rings is 2. The third-order valence-corrected chi connectivity index (χ3v) is 4.85. The number of hydrazine groups is 1. The lowest BCUT2D eigenvalue weighted by atomic mass is 10.0. The number of rotatable bonds is 6. The van der Waals surface area contributed by atoms with E-state index in [0.717, 1.165) is 5.56 Å². The van der Waals surface area contributed by atoms with Gasteiger partial charge in [-0.2, -0.15) is 0 Å². The van der Waals surface area contributed by atoms with E-state index in [1.165, 1.54) is 22.9 Å². The van der Waals surface area contributed by atoms with E-state index in [-0.39, 0.29) is 24.1 Å². The minimum atomic E-state index is -0.578. The predicted octanol–water partition coefficient (Wildman–Crippen LogP) is 1.87. The third kappa shape index (κ3) is 5.02. The van der Waals surface area contributed by atoms with Gasteiger partial charge in [-0.3, -0.25) is 14.7 Å². The molecule has 2 aromatic carbocycles. The molecule has 30 heavy (non-hydrogen) atoms. The molecule has 0 unspecified atom stereocenters. The molecule has 0 aliphatic carbocycles. The highest BCUT2D eigenvalue weighted by Crippen LogP contribution is 2.29. The number of nitrogens with two attached hydrogens (primary N) is 2. The SMILES string of the molecule is CC(=O)NC[C@H]1CN(c2ccc(-c3ccc(CN(N)C(N)=S)cc3)c(F)c2)C(=O)O1. The number of nitrogens with zero attached hydrogens (tertiary/aromatic N) is 2. The Hall–Kier alpha value is -3.24. The number of nitrogens with one attached hydrogen (secondary N) is 1. The van der Waals surface area contributed by atoms with Crippen LogP contribution < -0.4 is 21.8 Å². The van der Waals surface area contributed by atoms with Gasteiger partial charge in [-0.15, -0.1) is 0 Å². The van der Waals surface area contributed by atoms with Crippen LogP contribution >= 0.6 is 12.2 Å². The lowest BCUT2D eigenvalue weighted by Gasteiger charge is -2.16. The minimum absolute atomic E-state index is 0.0838. The highest BCUT2D eigenvalue weighted by molar-refractivity contribution is 7.80. The number of carbonyl (C=O) groups excluding carboxylic acids is 2. The molecule has 0 bridgehead atoms. The molecule has 10 heteroatoms. The number of carbonyl (C=O) groups is 2. The maximum absolute atomic E-state index is 14.8. The Balaban J connectivity index is 1.72. The number of hydrogen-bond acceptors (Lipinski definition) is 5. The Morgan fingerprint density at radius 2 is 2.03 bits per heavy atom. The monoisotopic (exact) mass is 431 g/mol. The van der Waals surface area contributed by atoms with Crippen LogP contribution in [0, 0.1) is 5.82 Å². The Morgan fingerprint density at radius 3 is 2.63 bits per heavy atom. The summed E-state index contributed by atoms with van der Waals surface area (Å²) >= 11 is 4.81. The lowest BCUT2D eigenvalue weighted by molar-refractivity contribution is -0.119. The molecule has 8 nitrogen and oxygen atoms in total. The molecule has 1 saturated heterocycles. The average Bonchev–Trinajstić information content (AvgIpc) is 3.07. The number of anilines is 1. The van der Waals surface area contributed by atoms with Gasteiger partial charge in [0.15, 0.2) is 5.11 Å². The average molecular weight is 431 g/mol. The molecule has 158 valence electrons. The van der Waals surface area contributed by atoms with Crippen molar-refractivity contribution in [1.29, 1.82) is 0 Å². The van der Waals surface area contributed by atoms with E-state index in [0.29, 0.717) is 23.4 Å². The van der Waals surface area contributed by atoms with E-state index < -0.39 is 18.0 Å². The van der Waals surface area contributed by atoms with Crippen LogP contribution in [-0.2, 0) is 16.1 Å². The molecule has 0 radical (unpaired) electrons. The summed E-state index contributed by atoms with van der Waals surface area (Å²) < 4.78 is 20.0. The fourth-order valence-corrected chi connectivity index (χ4v) is 3.13. The molecular weight excluding hydrogens is 409 g/mol. The van der Waals surface area contributed by atoms with Crippen LogP contribution in [-0.4, -0.2) is 41.3 Å². The van der Waals surface area contributed by atoms with Gasteiger partial charge in [0.25, 0.3) is 0 Å². The van der Waals surface area contributed by atoms with Crippen molar-refractivity contribution in [2.24, 2.45) is 11.6 Å². The first-order chi connectivity index (χ1) is 14.2. The molecule has 1 aliphatic heterocycles. The Kier molecular flexibility index (Phi) is 6.48. The topological polar surface area (TPSA) is 114 Å². The maximum Gasteiger partial charge on any atom is 0.414 e. The molecular formula is C20H22FN5O3S. The van der Waals surface area contributed by atoms with Crippen LogP contribution in [0.1, 0.15) is 12.5 Å². The number of hydrogen-bond donors (Lipinski definition) is 3. The van der Waals surface area contributed by atoms with Gasteiger partial charge in [-0.1, -0.05) is 24.3 Å². The molecule has 1 atom stereocenters. The van der Waals surface area contributed by atoms with E-state index in [4.69, 9.17) is 28.5 Å². The first-order valence-electron chi connectivity index (χ1n) is 9.17. The smallest absolute Gasteiger partial charge is 0.414 e. The second-order valence-electron chi connectivity index (χ2n) is 6.88. The normalized spacial score (nSPS) is 15.6. The Labute approximate surface area is 178 Å². The largest absolute Gasteiger partial charge is 0.442 e. The van der Waals surface area contributed by atoms with Gasteiger partial charge in [0.05, 0.1) is 25.3 Å². The fourth-order valence-electron chi connectivity index (χ4n) is 3.07.